The molecule has 3 aromatic rings. The van der Waals surface area contributed by atoms with Gasteiger partial charge in [0, 0.05) is 21.9 Å². The highest BCUT2D eigenvalue weighted by molar-refractivity contribution is 6.83. The molecular weight excluding hydrogens is 246 g/mol. The van der Waals surface area contributed by atoms with Crippen LogP contribution in [0.5, 0.6) is 0 Å². The maximum Gasteiger partial charge on any atom is 0.129 e. The predicted molar refractivity (Wildman–Crippen MR) is 86.0 cm³/mol. The Hall–Kier alpha value is -1.98. The van der Waals surface area contributed by atoms with Gasteiger partial charge in [-0.2, -0.15) is 0 Å². The Labute approximate surface area is 114 Å². The summed E-state index contributed by atoms with van der Waals surface area (Å²) in [5.41, 5.74) is 6.89. The van der Waals surface area contributed by atoms with Gasteiger partial charge in [0.15, 0.2) is 0 Å². The zero-order chi connectivity index (χ0) is 13.5. The molecule has 1 N–H and O–H groups in total. The number of aromatic amines is 1. The third kappa shape index (κ3) is 2.30. The van der Waals surface area contributed by atoms with E-state index in [1.165, 1.54) is 16.3 Å². The smallest absolute Gasteiger partial charge is 0.129 e. The summed E-state index contributed by atoms with van der Waals surface area (Å²) in [4.78, 5) is 3.50. The van der Waals surface area contributed by atoms with E-state index in [0.29, 0.717) is 0 Å². The number of fused-ring (bicyclic) bond motifs is 3. The van der Waals surface area contributed by atoms with E-state index < -0.39 is 8.07 Å². The minimum atomic E-state index is -1.34. The third-order valence-corrected chi connectivity index (χ3v) is 3.99. The number of benzene rings is 2. The summed E-state index contributed by atoms with van der Waals surface area (Å²) in [6.07, 6.45) is 0. The minimum absolute atomic E-state index is 1.11. The van der Waals surface area contributed by atoms with Gasteiger partial charge in [0.05, 0.1) is 5.52 Å². The molecule has 0 atom stereocenters. The molecule has 0 amide bonds. The molecule has 0 saturated carbocycles. The first kappa shape index (κ1) is 12.1. The second kappa shape index (κ2) is 4.29. The van der Waals surface area contributed by atoms with Gasteiger partial charge in [-0.3, -0.25) is 0 Å². The van der Waals surface area contributed by atoms with Crippen LogP contribution in [0.2, 0.25) is 19.6 Å². The topological polar surface area (TPSA) is 15.8 Å². The van der Waals surface area contributed by atoms with Gasteiger partial charge in [-0.1, -0.05) is 55.9 Å². The molecule has 94 valence electrons. The lowest BCUT2D eigenvalue weighted by atomic mass is 10.1. The van der Waals surface area contributed by atoms with E-state index in [1.807, 2.05) is 0 Å². The van der Waals surface area contributed by atoms with Crippen molar-refractivity contribution in [1.29, 1.82) is 0 Å². The number of nitrogens with one attached hydrogen (secondary N) is 1. The zero-order valence-electron chi connectivity index (χ0n) is 11.5. The van der Waals surface area contributed by atoms with Crippen LogP contribution < -0.4 is 0 Å². The van der Waals surface area contributed by atoms with Gasteiger partial charge in [-0.15, -0.1) is 5.54 Å². The molecule has 0 aliphatic heterocycles. The number of H-pyrrole nitrogens is 1. The molecule has 1 heterocycles. The summed E-state index contributed by atoms with van der Waals surface area (Å²) in [7, 11) is -1.34. The van der Waals surface area contributed by atoms with Gasteiger partial charge >= 0.3 is 0 Å². The number of para-hydroxylation sites is 2. The summed E-state index contributed by atoms with van der Waals surface area (Å²) in [5.74, 6) is 3.37. The first-order chi connectivity index (χ1) is 9.04. The lowest BCUT2D eigenvalue weighted by molar-refractivity contribution is 1.53. The molecule has 0 fully saturated rings. The van der Waals surface area contributed by atoms with E-state index in [9.17, 15) is 0 Å². The van der Waals surface area contributed by atoms with Gasteiger partial charge in [-0.25, -0.2) is 0 Å². The average Bonchev–Trinajstić information content (AvgIpc) is 2.74. The zero-order valence-corrected chi connectivity index (χ0v) is 12.5. The molecule has 1 nitrogen and oxygen atoms in total. The molecule has 2 heteroatoms. The number of rotatable bonds is 0. The lowest BCUT2D eigenvalue weighted by Gasteiger charge is -2.03. The molecule has 0 radical (unpaired) electrons. The monoisotopic (exact) mass is 263 g/mol. The van der Waals surface area contributed by atoms with Gasteiger partial charge < -0.3 is 4.98 Å². The summed E-state index contributed by atoms with van der Waals surface area (Å²) in [6.45, 7) is 6.81. The van der Waals surface area contributed by atoms with Crippen molar-refractivity contribution >= 4 is 29.9 Å². The molecule has 3 rings (SSSR count). The molecule has 19 heavy (non-hydrogen) atoms. The van der Waals surface area contributed by atoms with Crippen molar-refractivity contribution in [1.82, 2.24) is 4.98 Å². The van der Waals surface area contributed by atoms with Crippen LogP contribution in [-0.2, 0) is 0 Å². The summed E-state index contributed by atoms with van der Waals surface area (Å²) >= 11 is 0. The van der Waals surface area contributed by atoms with Crippen molar-refractivity contribution in [2.45, 2.75) is 19.6 Å². The highest BCUT2D eigenvalue weighted by Gasteiger charge is 2.09. The van der Waals surface area contributed by atoms with Crippen LogP contribution in [0.3, 0.4) is 0 Å². The van der Waals surface area contributed by atoms with Gasteiger partial charge in [0.25, 0.3) is 0 Å². The molecule has 0 saturated heterocycles. The van der Waals surface area contributed by atoms with Crippen LogP contribution in [0.15, 0.2) is 42.5 Å². The Morgan fingerprint density at radius 2 is 1.63 bits per heavy atom. The maximum absolute atomic E-state index is 3.50. The Bertz CT molecular complexity index is 810. The van der Waals surface area contributed by atoms with E-state index >= 15 is 0 Å². The van der Waals surface area contributed by atoms with Crippen LogP contribution in [0, 0.1) is 11.5 Å². The van der Waals surface area contributed by atoms with E-state index in [4.69, 9.17) is 0 Å². The van der Waals surface area contributed by atoms with Crippen LogP contribution in [-0.4, -0.2) is 13.1 Å². The van der Waals surface area contributed by atoms with Crippen molar-refractivity contribution in [3.8, 4) is 11.5 Å². The average molecular weight is 263 g/mol. The Kier molecular flexibility index (Phi) is 2.73. The van der Waals surface area contributed by atoms with Crippen molar-refractivity contribution in [2.24, 2.45) is 0 Å². The number of hydrogen-bond donors (Lipinski definition) is 1. The Morgan fingerprint density at radius 3 is 2.42 bits per heavy atom. The molecular formula is C17H17NSi. The van der Waals surface area contributed by atoms with Crippen LogP contribution in [0.25, 0.3) is 21.8 Å². The van der Waals surface area contributed by atoms with Crippen LogP contribution in [0.4, 0.5) is 0 Å². The minimum Gasteiger partial charge on any atom is -0.353 e. The molecule has 0 aliphatic carbocycles. The maximum atomic E-state index is 3.50. The molecule has 1 aromatic heterocycles. The highest BCUT2D eigenvalue weighted by atomic mass is 28.3. The highest BCUT2D eigenvalue weighted by Crippen LogP contribution is 2.27. The largest absolute Gasteiger partial charge is 0.353 e. The fourth-order valence-electron chi connectivity index (χ4n) is 2.23. The first-order valence-corrected chi connectivity index (χ1v) is 10.1. The first-order valence-electron chi connectivity index (χ1n) is 6.57. The predicted octanol–water partition coefficient (Wildman–Crippen LogP) is 4.55. The van der Waals surface area contributed by atoms with Crippen molar-refractivity contribution in [3.63, 3.8) is 0 Å². The van der Waals surface area contributed by atoms with E-state index in [-0.39, 0.29) is 0 Å². The lowest BCUT2D eigenvalue weighted by Crippen LogP contribution is -2.16. The van der Waals surface area contributed by atoms with Crippen LogP contribution in [0.1, 0.15) is 5.56 Å². The normalized spacial score (nSPS) is 11.5. The van der Waals surface area contributed by atoms with Gasteiger partial charge in [-0.05, 0) is 12.1 Å². The molecule has 0 aliphatic rings. The second-order valence-corrected chi connectivity index (χ2v) is 10.6. The number of aromatic nitrogens is 1. The third-order valence-electron chi connectivity index (χ3n) is 3.11. The number of hydrogen-bond acceptors (Lipinski definition) is 0. The SMILES string of the molecule is C[Si](C)(C)C#Cc1cccc2c1[nH]c1ccccc12. The summed E-state index contributed by atoms with van der Waals surface area (Å²) < 4.78 is 0. The summed E-state index contributed by atoms with van der Waals surface area (Å²) in [5, 5.41) is 2.53. The second-order valence-electron chi connectivity index (χ2n) is 5.90. The molecule has 0 bridgehead atoms. The van der Waals surface area contributed by atoms with Crippen molar-refractivity contribution in [3.05, 3.63) is 48.0 Å². The van der Waals surface area contributed by atoms with E-state index in [1.54, 1.807) is 0 Å². The molecule has 0 unspecified atom stereocenters. The van der Waals surface area contributed by atoms with E-state index in [0.717, 1.165) is 11.1 Å². The standard InChI is InChI=1S/C17H17NSi/c1-19(2,3)12-11-13-7-6-9-15-14-8-4-5-10-16(14)18-17(13)15/h4-10,18H,1-3H3. The van der Waals surface area contributed by atoms with Gasteiger partial charge in [0.1, 0.15) is 8.07 Å². The molecule has 2 aromatic carbocycles. The van der Waals surface area contributed by atoms with Crippen molar-refractivity contribution in [2.75, 3.05) is 0 Å². The van der Waals surface area contributed by atoms with E-state index in [2.05, 4.69) is 78.6 Å². The van der Waals surface area contributed by atoms with Crippen molar-refractivity contribution < 1.29 is 0 Å². The summed E-state index contributed by atoms with van der Waals surface area (Å²) in [6, 6.07) is 14.8. The fraction of sp³-hybridized carbons (Fsp3) is 0.176. The Morgan fingerprint density at radius 1 is 0.895 bits per heavy atom. The molecule has 0 spiro atoms. The quantitative estimate of drug-likeness (QED) is 0.452. The van der Waals surface area contributed by atoms with Crippen LogP contribution >= 0.6 is 0 Å². The fourth-order valence-corrected chi connectivity index (χ4v) is 2.74. The van der Waals surface area contributed by atoms with Gasteiger partial charge in [0.2, 0.25) is 0 Å². The Balaban J connectivity index is 2.29.